The van der Waals surface area contributed by atoms with E-state index < -0.39 is 0 Å². The van der Waals surface area contributed by atoms with Crippen LogP contribution in [0.1, 0.15) is 36.2 Å². The number of carbonyl (C=O) groups is 2. The molecule has 0 N–H and O–H groups in total. The van der Waals surface area contributed by atoms with Gasteiger partial charge in [0.1, 0.15) is 12.4 Å². The molecule has 0 radical (unpaired) electrons. The van der Waals surface area contributed by atoms with E-state index in [1.165, 1.54) is 0 Å². The number of aryl methyl sites for hydroxylation is 2. The molecule has 0 saturated carbocycles. The Labute approximate surface area is 205 Å². The summed E-state index contributed by atoms with van der Waals surface area (Å²) in [6, 6.07) is 23.7. The molecule has 1 atom stereocenters. The highest BCUT2D eigenvalue weighted by molar-refractivity contribution is 5.98. The number of nitrogens with zero attached hydrogens (tertiary/aromatic N) is 4. The highest BCUT2D eigenvalue weighted by Crippen LogP contribution is 2.36. The molecule has 0 aliphatic carbocycles. The Morgan fingerprint density at radius 3 is 2.37 bits per heavy atom. The standard InChI is InChI=1S/C29H30N4O2/c1-4-31(23-13-6-5-7-14-23)27(35)19-32-25-16-9-8-15-24(25)30-29(32)22-17-26(34)33(18-22)28-20(2)11-10-12-21(28)3/h5-16,22H,4,17-19H2,1-3H3. The number of carbonyl (C=O) groups excluding carboxylic acids is 2. The molecular weight excluding hydrogens is 436 g/mol. The average Bonchev–Trinajstić information content (AvgIpc) is 3.41. The van der Waals surface area contributed by atoms with Crippen molar-refractivity contribution in [1.29, 1.82) is 0 Å². The number of aromatic nitrogens is 2. The molecule has 6 heteroatoms. The minimum absolute atomic E-state index is 0.000897. The van der Waals surface area contributed by atoms with Crippen LogP contribution in [0.4, 0.5) is 11.4 Å². The summed E-state index contributed by atoms with van der Waals surface area (Å²) in [7, 11) is 0. The molecular formula is C29H30N4O2. The lowest BCUT2D eigenvalue weighted by molar-refractivity contribution is -0.119. The molecule has 2 heterocycles. The third-order valence-corrected chi connectivity index (χ3v) is 6.86. The minimum Gasteiger partial charge on any atom is -0.318 e. The largest absolute Gasteiger partial charge is 0.318 e. The fourth-order valence-corrected chi connectivity index (χ4v) is 5.23. The second-order valence-electron chi connectivity index (χ2n) is 9.16. The van der Waals surface area contributed by atoms with Gasteiger partial charge in [-0.05, 0) is 56.2 Å². The molecule has 0 spiro atoms. The van der Waals surface area contributed by atoms with Crippen molar-refractivity contribution in [2.75, 3.05) is 22.9 Å². The lowest BCUT2D eigenvalue weighted by Gasteiger charge is -2.23. The van der Waals surface area contributed by atoms with Gasteiger partial charge in [-0.2, -0.15) is 0 Å². The van der Waals surface area contributed by atoms with Crippen molar-refractivity contribution in [3.05, 3.63) is 89.7 Å². The molecule has 35 heavy (non-hydrogen) atoms. The number of likely N-dealkylation sites (N-methyl/N-ethyl adjacent to an activating group) is 1. The van der Waals surface area contributed by atoms with E-state index in [9.17, 15) is 9.59 Å². The summed E-state index contributed by atoms with van der Waals surface area (Å²) in [4.78, 5) is 35.3. The van der Waals surface area contributed by atoms with Crippen molar-refractivity contribution in [3.63, 3.8) is 0 Å². The zero-order chi connectivity index (χ0) is 24.5. The van der Waals surface area contributed by atoms with E-state index in [4.69, 9.17) is 4.98 Å². The van der Waals surface area contributed by atoms with E-state index in [-0.39, 0.29) is 24.3 Å². The van der Waals surface area contributed by atoms with Crippen molar-refractivity contribution in [3.8, 4) is 0 Å². The van der Waals surface area contributed by atoms with Gasteiger partial charge in [-0.15, -0.1) is 0 Å². The van der Waals surface area contributed by atoms with E-state index in [2.05, 4.69) is 0 Å². The lowest BCUT2D eigenvalue weighted by atomic mass is 10.1. The summed E-state index contributed by atoms with van der Waals surface area (Å²) in [5, 5.41) is 0. The molecule has 3 aromatic carbocycles. The molecule has 2 amide bonds. The van der Waals surface area contributed by atoms with Crippen molar-refractivity contribution < 1.29 is 9.59 Å². The maximum Gasteiger partial charge on any atom is 0.246 e. The topological polar surface area (TPSA) is 58.4 Å². The molecule has 4 aromatic rings. The van der Waals surface area contributed by atoms with Crippen LogP contribution in [0.25, 0.3) is 11.0 Å². The molecule has 178 valence electrons. The second kappa shape index (κ2) is 9.37. The Balaban J connectivity index is 1.50. The van der Waals surface area contributed by atoms with Gasteiger partial charge in [-0.3, -0.25) is 9.59 Å². The number of amides is 2. The first kappa shape index (κ1) is 22.8. The van der Waals surface area contributed by atoms with Crippen molar-refractivity contribution >= 4 is 34.2 Å². The molecule has 1 aliphatic heterocycles. The molecule has 6 nitrogen and oxygen atoms in total. The molecule has 1 aromatic heterocycles. The van der Waals surface area contributed by atoms with Gasteiger partial charge in [0.25, 0.3) is 0 Å². The Morgan fingerprint density at radius 1 is 0.971 bits per heavy atom. The Hall–Kier alpha value is -3.93. The Morgan fingerprint density at radius 2 is 1.66 bits per heavy atom. The number of benzene rings is 3. The predicted molar refractivity (Wildman–Crippen MR) is 140 cm³/mol. The van der Waals surface area contributed by atoms with Gasteiger partial charge in [-0.1, -0.05) is 48.5 Å². The number of hydrogen-bond acceptors (Lipinski definition) is 3. The maximum absolute atomic E-state index is 13.5. The van der Waals surface area contributed by atoms with Gasteiger partial charge >= 0.3 is 0 Å². The van der Waals surface area contributed by atoms with Crippen LogP contribution < -0.4 is 9.80 Å². The van der Waals surface area contributed by atoms with Gasteiger partial charge < -0.3 is 14.4 Å². The highest BCUT2D eigenvalue weighted by atomic mass is 16.2. The molecule has 0 bridgehead atoms. The van der Waals surface area contributed by atoms with Crippen LogP contribution >= 0.6 is 0 Å². The van der Waals surface area contributed by atoms with E-state index in [0.29, 0.717) is 19.5 Å². The van der Waals surface area contributed by atoms with Crippen LogP contribution in [0, 0.1) is 13.8 Å². The van der Waals surface area contributed by atoms with E-state index in [1.807, 2.05) is 103 Å². The van der Waals surface area contributed by atoms with E-state index in [1.54, 1.807) is 4.90 Å². The quantitative estimate of drug-likeness (QED) is 0.391. The van der Waals surface area contributed by atoms with Crippen LogP contribution in [0.15, 0.2) is 72.8 Å². The van der Waals surface area contributed by atoms with E-state index >= 15 is 0 Å². The summed E-state index contributed by atoms with van der Waals surface area (Å²) >= 11 is 0. The van der Waals surface area contributed by atoms with Crippen LogP contribution in [0.3, 0.4) is 0 Å². The second-order valence-corrected chi connectivity index (χ2v) is 9.16. The van der Waals surface area contributed by atoms with E-state index in [0.717, 1.165) is 39.4 Å². The fourth-order valence-electron chi connectivity index (χ4n) is 5.23. The first-order valence-electron chi connectivity index (χ1n) is 12.1. The fraction of sp³-hybridized carbons (Fsp3) is 0.276. The maximum atomic E-state index is 13.5. The smallest absolute Gasteiger partial charge is 0.246 e. The Kier molecular flexibility index (Phi) is 6.12. The number of anilines is 2. The first-order valence-corrected chi connectivity index (χ1v) is 12.1. The predicted octanol–water partition coefficient (Wildman–Crippen LogP) is 5.23. The number of rotatable bonds is 6. The lowest BCUT2D eigenvalue weighted by Crippen LogP contribution is -2.34. The zero-order valence-electron chi connectivity index (χ0n) is 20.4. The van der Waals surface area contributed by atoms with Gasteiger partial charge in [0.05, 0.1) is 11.0 Å². The summed E-state index contributed by atoms with van der Waals surface area (Å²) in [6.07, 6.45) is 0.376. The number of para-hydroxylation sites is 4. The van der Waals surface area contributed by atoms with Crippen molar-refractivity contribution in [2.45, 2.75) is 39.7 Å². The molecule has 1 aliphatic rings. The summed E-state index contributed by atoms with van der Waals surface area (Å²) in [5.74, 6) is 0.801. The monoisotopic (exact) mass is 466 g/mol. The number of hydrogen-bond donors (Lipinski definition) is 0. The third kappa shape index (κ3) is 4.20. The van der Waals surface area contributed by atoms with Crippen molar-refractivity contribution in [2.24, 2.45) is 0 Å². The van der Waals surface area contributed by atoms with Crippen LogP contribution in [0.2, 0.25) is 0 Å². The van der Waals surface area contributed by atoms with Gasteiger partial charge in [0, 0.05) is 36.8 Å². The summed E-state index contributed by atoms with van der Waals surface area (Å²) in [6.45, 7) is 7.37. The molecule has 1 saturated heterocycles. The Bertz CT molecular complexity index is 1370. The summed E-state index contributed by atoms with van der Waals surface area (Å²) < 4.78 is 2.01. The molecule has 5 rings (SSSR count). The minimum atomic E-state index is -0.0893. The number of fused-ring (bicyclic) bond motifs is 1. The third-order valence-electron chi connectivity index (χ3n) is 6.86. The van der Waals surface area contributed by atoms with Gasteiger partial charge in [-0.25, -0.2) is 4.98 Å². The average molecular weight is 467 g/mol. The first-order chi connectivity index (χ1) is 17.0. The van der Waals surface area contributed by atoms with Crippen molar-refractivity contribution in [1.82, 2.24) is 9.55 Å². The highest BCUT2D eigenvalue weighted by Gasteiger charge is 2.36. The SMILES string of the molecule is CCN(C(=O)Cn1c(C2CC(=O)N(c3c(C)cccc3C)C2)nc2ccccc21)c1ccccc1. The normalized spacial score (nSPS) is 15.7. The number of imidazole rings is 1. The summed E-state index contributed by atoms with van der Waals surface area (Å²) in [5.41, 5.74) is 5.80. The molecule has 1 unspecified atom stereocenters. The van der Waals surface area contributed by atoms with Gasteiger partial charge in [0.15, 0.2) is 0 Å². The van der Waals surface area contributed by atoms with Gasteiger partial charge in [0.2, 0.25) is 11.8 Å². The van der Waals surface area contributed by atoms with Crippen LogP contribution in [-0.4, -0.2) is 34.5 Å². The zero-order valence-corrected chi connectivity index (χ0v) is 20.4. The molecule has 1 fully saturated rings. The van der Waals surface area contributed by atoms with Crippen LogP contribution in [-0.2, 0) is 16.1 Å². The van der Waals surface area contributed by atoms with Crippen LogP contribution in [0.5, 0.6) is 0 Å².